The summed E-state index contributed by atoms with van der Waals surface area (Å²) in [5, 5.41) is 12.5. The molecule has 2 atom stereocenters. The molecule has 0 bridgehead atoms. The predicted octanol–water partition coefficient (Wildman–Crippen LogP) is 14.8. The number of carbonyl (C=O) groups is 2. The van der Waals surface area contributed by atoms with Crippen molar-refractivity contribution in [3.63, 3.8) is 0 Å². The van der Waals surface area contributed by atoms with Gasteiger partial charge in [-0.2, -0.15) is 92.5 Å². The first-order valence-electron chi connectivity index (χ1n) is 19.7. The molecule has 4 aromatic carbocycles. The van der Waals surface area contributed by atoms with Crippen molar-refractivity contribution in [3.8, 4) is 11.5 Å². The van der Waals surface area contributed by atoms with E-state index in [-0.39, 0.29) is 46.3 Å². The van der Waals surface area contributed by atoms with Gasteiger partial charge in [-0.3, -0.25) is 14.6 Å². The number of rotatable bonds is 14. The number of ether oxygens (including phenoxy) is 2. The van der Waals surface area contributed by atoms with Crippen molar-refractivity contribution in [1.29, 1.82) is 0 Å². The second-order valence-electron chi connectivity index (χ2n) is 15.3. The summed E-state index contributed by atoms with van der Waals surface area (Å²) in [5.74, 6) is -18.5. The molecule has 7 nitrogen and oxygen atoms in total. The van der Waals surface area contributed by atoms with Gasteiger partial charge in [0.05, 0.1) is 5.52 Å². The Hall–Kier alpha value is -5.64. The van der Waals surface area contributed by atoms with E-state index in [1.165, 1.54) is 48.7 Å². The Labute approximate surface area is 430 Å². The highest BCUT2D eigenvalue weighted by Gasteiger charge is 2.83. The molecule has 0 fully saturated rings. The maximum atomic E-state index is 14.9. The third kappa shape index (κ3) is 11.9. The average molecular weight is 1330 g/mol. The van der Waals surface area contributed by atoms with Crippen LogP contribution < -0.4 is 14.2 Å². The smallest absolute Gasteiger partial charge is 0.457 e. The number of hydrogen-bond donors (Lipinski definition) is 0. The molecule has 0 aliphatic carbocycles. The van der Waals surface area contributed by atoms with Crippen LogP contribution in [-0.2, 0) is 24.2 Å². The summed E-state index contributed by atoms with van der Waals surface area (Å²) in [6.07, 6.45) is -26.9. The number of nitrogens with zero attached hydrogens (tertiary/aromatic N) is 2. The molecule has 2 heterocycles. The molecule has 6 rings (SSSR count). The number of halogens is 24. The molecule has 31 heteroatoms. The maximum Gasteiger partial charge on any atom is 0.457 e. The summed E-state index contributed by atoms with van der Waals surface area (Å²) < 4.78 is 302. The lowest BCUT2D eigenvalue weighted by Crippen LogP contribution is -2.59. The highest BCUT2D eigenvalue weighted by molar-refractivity contribution is 14.1. The number of benzene rings is 4. The summed E-state index contributed by atoms with van der Waals surface area (Å²) in [4.78, 5) is 29.6. The fraction of sp³-hybridized carbons (Fsp3) is 0.273. The number of Topliss-reactive ketones (excluding diaryl/α,β-unsaturated/α-hetero) is 2. The lowest BCUT2D eigenvalue weighted by molar-refractivity contribution is -0.577. The van der Waals surface area contributed by atoms with Gasteiger partial charge >= 0.3 is 61.1 Å². The van der Waals surface area contributed by atoms with Crippen molar-refractivity contribution in [3.05, 3.63) is 143 Å². The summed E-state index contributed by atoms with van der Waals surface area (Å²) in [5.41, 5.74) is -18.2. The average Bonchev–Trinajstić information content (AvgIpc) is 3.28. The Morgan fingerprint density at radius 3 is 1.33 bits per heavy atom. The van der Waals surface area contributed by atoms with Crippen LogP contribution in [0.25, 0.3) is 21.8 Å². The van der Waals surface area contributed by atoms with Crippen molar-refractivity contribution in [1.82, 2.24) is 4.98 Å². The minimum Gasteiger partial charge on any atom is -0.618 e. The van der Waals surface area contributed by atoms with Gasteiger partial charge in [-0.1, -0.05) is 6.07 Å². The molecular weight excluding hydrogens is 1310 g/mol. The monoisotopic (exact) mass is 1330 g/mol. The van der Waals surface area contributed by atoms with Crippen LogP contribution in [0.1, 0.15) is 43.0 Å². The molecule has 0 aliphatic rings. The number of fused-ring (bicyclic) bond motifs is 2. The van der Waals surface area contributed by atoms with Gasteiger partial charge in [0.25, 0.3) is 0 Å². The topological polar surface area (TPSA) is 92.4 Å². The van der Waals surface area contributed by atoms with Crippen LogP contribution in [0.4, 0.5) is 96.6 Å². The van der Waals surface area contributed by atoms with Gasteiger partial charge in [-0.05, 0) is 112 Å². The molecule has 6 aromatic rings. The number of ketones is 2. The van der Waals surface area contributed by atoms with Gasteiger partial charge in [0.2, 0.25) is 5.52 Å². The summed E-state index contributed by atoms with van der Waals surface area (Å²) in [7, 11) is 0. The minimum absolute atomic E-state index is 0.0119. The molecule has 406 valence electrons. The van der Waals surface area contributed by atoms with E-state index in [9.17, 15) is 111 Å². The molecule has 0 aliphatic heterocycles. The van der Waals surface area contributed by atoms with E-state index in [0.29, 0.717) is 15.6 Å². The third-order valence-corrected chi connectivity index (χ3v) is 12.5. The lowest BCUT2D eigenvalue weighted by Gasteiger charge is -2.36. The first-order valence-corrected chi connectivity index (χ1v) is 21.9. The van der Waals surface area contributed by atoms with E-state index in [0.717, 1.165) is 57.4 Å². The normalized spacial score (nSPS) is 14.6. The van der Waals surface area contributed by atoms with Crippen molar-refractivity contribution in [2.24, 2.45) is 0 Å². The number of pyridine rings is 2. The quantitative estimate of drug-likeness (QED) is 0.0355. The van der Waals surface area contributed by atoms with Gasteiger partial charge in [0.15, 0.2) is 17.8 Å². The van der Waals surface area contributed by atoms with E-state index in [2.05, 4.69) is 14.5 Å². The maximum absolute atomic E-state index is 14.9. The zero-order chi connectivity index (χ0) is 56.8. The highest BCUT2D eigenvalue weighted by atomic mass is 127. The van der Waals surface area contributed by atoms with Gasteiger partial charge in [0.1, 0.15) is 11.5 Å². The molecule has 0 spiro atoms. The van der Waals surface area contributed by atoms with Gasteiger partial charge < -0.3 is 14.7 Å². The number of carbonyl (C=O) groups excluding carboxylic acids is 2. The summed E-state index contributed by atoms with van der Waals surface area (Å²) in [6.45, 7) is -7.65. The fourth-order valence-corrected chi connectivity index (χ4v) is 8.53. The largest absolute Gasteiger partial charge is 0.618 e. The Morgan fingerprint density at radius 1 is 0.533 bits per heavy atom. The van der Waals surface area contributed by atoms with Gasteiger partial charge in [-0.25, -0.2) is 8.78 Å². The van der Waals surface area contributed by atoms with Gasteiger partial charge in [0, 0.05) is 82.5 Å². The fourth-order valence-electron chi connectivity index (χ4n) is 6.94. The van der Waals surface area contributed by atoms with Crippen LogP contribution in [0.5, 0.6) is 11.5 Å². The molecular formula is C44H22F22I2N2O5. The highest BCUT2D eigenvalue weighted by Crippen LogP contribution is 2.60. The predicted molar refractivity (Wildman–Crippen MR) is 232 cm³/mol. The van der Waals surface area contributed by atoms with E-state index in [1.807, 2.05) is 0 Å². The molecule has 0 saturated carbocycles. The first-order chi connectivity index (χ1) is 34.2. The molecule has 0 saturated heterocycles. The first kappa shape index (κ1) is 60.2. The van der Waals surface area contributed by atoms with Crippen LogP contribution in [0, 0.1) is 12.3 Å². The molecule has 0 amide bonds. The second-order valence-corrected chi connectivity index (χ2v) is 17.6. The molecule has 2 aromatic heterocycles. The van der Waals surface area contributed by atoms with E-state index >= 15 is 0 Å². The van der Waals surface area contributed by atoms with Crippen LogP contribution in [-0.4, -0.2) is 66.3 Å². The standard InChI is InChI=1S/C22H11F11INO3.C22H11F11INO2/c23-18(24)38-17-8-12(19(25,21(28,29)30)20(26,27)22(31,32)33)7-14(34)13(17)9-16(36)11-3-4-15-10(6-11)2-1-5-35(15)37;23-18(24)37-17-8-12(19(25,21(28,29)30)20(26,27)22(31,32)33)7-14(34)13(17)9-16(36)11-3-4-15-10(6-11)2-1-5-35-15/h1-8,18H,9H2;1-8,18H,9H2. The van der Waals surface area contributed by atoms with Crippen molar-refractivity contribution in [2.45, 2.75) is 74.0 Å². The molecule has 75 heavy (non-hydrogen) atoms. The molecule has 0 N–H and O–H groups in total. The van der Waals surface area contributed by atoms with Crippen LogP contribution in [0.15, 0.2) is 97.3 Å². The Morgan fingerprint density at radius 2 is 0.933 bits per heavy atom. The van der Waals surface area contributed by atoms with Crippen molar-refractivity contribution >= 4 is 78.6 Å². The Bertz CT molecular complexity index is 3110. The Kier molecular flexibility index (Phi) is 17.2. The zero-order valence-electron chi connectivity index (χ0n) is 35.8. The molecule has 2 unspecified atom stereocenters. The van der Waals surface area contributed by atoms with Gasteiger partial charge in [-0.15, -0.1) is 0 Å². The number of aromatic nitrogens is 2. The van der Waals surface area contributed by atoms with Crippen molar-refractivity contribution < 1.29 is 120 Å². The van der Waals surface area contributed by atoms with Crippen LogP contribution in [0.2, 0.25) is 0 Å². The lowest BCUT2D eigenvalue weighted by atomic mass is 9.86. The number of alkyl halides is 22. The summed E-state index contributed by atoms with van der Waals surface area (Å²) >= 11 is 2.16. The SMILES string of the molecule is O=C(Cc1c(I)cc(C(F)(C(F)(F)F)C(F)(F)C(F)(F)F)cc1OC(F)F)c1ccc2c(ccc[n+]2[O-])c1.O=C(Cc1c(I)cc(C(F)(C(F)(F)F)C(F)(F)C(F)(F)F)cc1OC(F)F)c1ccc2ncccc2c1. The van der Waals surface area contributed by atoms with E-state index < -0.39 is 126 Å². The zero-order valence-corrected chi connectivity index (χ0v) is 40.1. The minimum atomic E-state index is -7.04. The van der Waals surface area contributed by atoms with E-state index in [4.69, 9.17) is 0 Å². The number of hydrogen-bond acceptors (Lipinski definition) is 6. The van der Waals surface area contributed by atoms with Crippen LogP contribution >= 0.6 is 45.2 Å². The van der Waals surface area contributed by atoms with Crippen LogP contribution in [0.3, 0.4) is 0 Å². The third-order valence-electron chi connectivity index (χ3n) is 10.6. The van der Waals surface area contributed by atoms with Crippen molar-refractivity contribution in [2.75, 3.05) is 0 Å². The molecule has 0 radical (unpaired) electrons. The van der Waals surface area contributed by atoms with E-state index in [1.54, 1.807) is 12.1 Å². The summed E-state index contributed by atoms with van der Waals surface area (Å²) in [6, 6.07) is 12.8. The Balaban J connectivity index is 0.000000277. The second kappa shape index (κ2) is 21.4.